The molecule has 0 fully saturated rings. The van der Waals surface area contributed by atoms with Crippen molar-refractivity contribution >= 4 is 12.6 Å². The minimum atomic E-state index is 0.364. The Balaban J connectivity index is 3.06. The summed E-state index contributed by atoms with van der Waals surface area (Å²) in [6.07, 6.45) is 1.51. The smallest absolute Gasteiger partial charge is 0.260 e. The van der Waals surface area contributed by atoms with E-state index >= 15 is 0 Å². The molecular weight excluding hydrogens is 164 g/mol. The van der Waals surface area contributed by atoms with E-state index in [2.05, 4.69) is 22.6 Å². The zero-order valence-electron chi connectivity index (χ0n) is 6.24. The Kier molecular flexibility index (Phi) is 2.53. The van der Waals surface area contributed by atoms with Crippen LogP contribution in [0.1, 0.15) is 0 Å². The molecule has 0 atom stereocenters. The quantitative estimate of drug-likeness (QED) is 0.529. The Hall–Kier alpha value is -0.970. The highest BCUT2D eigenvalue weighted by molar-refractivity contribution is 7.80. The van der Waals surface area contributed by atoms with Gasteiger partial charge in [-0.1, -0.05) is 0 Å². The molecule has 1 aromatic heterocycles. The average molecular weight is 172 g/mol. The van der Waals surface area contributed by atoms with Crippen LogP contribution in [0.15, 0.2) is 11.4 Å². The number of nitrogens with zero attached hydrogens (tertiary/aromatic N) is 2. The number of methoxy groups -OCH3 is 2. The summed E-state index contributed by atoms with van der Waals surface area (Å²) in [5.74, 6) is 0.901. The van der Waals surface area contributed by atoms with Crippen LogP contribution in [-0.4, -0.2) is 24.2 Å². The van der Waals surface area contributed by atoms with Gasteiger partial charge < -0.3 is 9.47 Å². The lowest BCUT2D eigenvalue weighted by atomic mass is 10.6. The molecule has 4 nitrogen and oxygen atoms in total. The first-order chi connectivity index (χ1) is 5.27. The molecule has 1 heterocycles. The average Bonchev–Trinajstić information content (AvgIpc) is 2.04. The van der Waals surface area contributed by atoms with E-state index in [-0.39, 0.29) is 0 Å². The second-order valence-corrected chi connectivity index (χ2v) is 2.15. The third-order valence-electron chi connectivity index (χ3n) is 1.12. The van der Waals surface area contributed by atoms with Gasteiger partial charge in [0.15, 0.2) is 10.9 Å². The van der Waals surface area contributed by atoms with Gasteiger partial charge in [-0.15, -0.1) is 12.6 Å². The highest BCUT2D eigenvalue weighted by Crippen LogP contribution is 2.22. The summed E-state index contributed by atoms with van der Waals surface area (Å²) in [7, 11) is 3.04. The molecule has 1 aromatic rings. The number of rotatable bonds is 2. The fourth-order valence-corrected chi connectivity index (χ4v) is 0.781. The van der Waals surface area contributed by atoms with E-state index in [1.54, 1.807) is 0 Å². The van der Waals surface area contributed by atoms with Gasteiger partial charge in [-0.05, 0) is 0 Å². The van der Waals surface area contributed by atoms with Crippen LogP contribution in [0.25, 0.3) is 0 Å². The number of ether oxygens (including phenoxy) is 2. The third kappa shape index (κ3) is 1.74. The van der Waals surface area contributed by atoms with Crippen molar-refractivity contribution in [1.29, 1.82) is 0 Å². The summed E-state index contributed by atoms with van der Waals surface area (Å²) < 4.78 is 9.80. The van der Waals surface area contributed by atoms with E-state index in [0.717, 1.165) is 0 Å². The van der Waals surface area contributed by atoms with Gasteiger partial charge in [0.2, 0.25) is 0 Å². The minimum Gasteiger partial charge on any atom is -0.490 e. The van der Waals surface area contributed by atoms with Crippen LogP contribution >= 0.6 is 12.6 Å². The Labute approximate surface area is 70.0 Å². The molecule has 0 aromatic carbocycles. The summed E-state index contributed by atoms with van der Waals surface area (Å²) in [4.78, 5) is 7.67. The van der Waals surface area contributed by atoms with Crippen molar-refractivity contribution in [2.45, 2.75) is 5.16 Å². The lowest BCUT2D eigenvalue weighted by molar-refractivity contribution is 0.337. The zero-order valence-corrected chi connectivity index (χ0v) is 7.13. The molecule has 11 heavy (non-hydrogen) atoms. The van der Waals surface area contributed by atoms with Gasteiger partial charge in [-0.25, -0.2) is 4.98 Å². The van der Waals surface area contributed by atoms with E-state index in [1.807, 2.05) is 0 Å². The van der Waals surface area contributed by atoms with Crippen molar-refractivity contribution in [1.82, 2.24) is 9.97 Å². The Bertz CT molecular complexity index is 254. The maximum Gasteiger partial charge on any atom is 0.260 e. The lowest BCUT2D eigenvalue weighted by Gasteiger charge is -2.04. The summed E-state index contributed by atoms with van der Waals surface area (Å²) in [5.41, 5.74) is 0. The number of hydrogen-bond acceptors (Lipinski definition) is 5. The van der Waals surface area contributed by atoms with Crippen molar-refractivity contribution in [3.8, 4) is 11.6 Å². The van der Waals surface area contributed by atoms with Gasteiger partial charge in [0.05, 0.1) is 20.4 Å². The highest BCUT2D eigenvalue weighted by Gasteiger charge is 2.04. The molecule has 1 rings (SSSR count). The van der Waals surface area contributed by atoms with Gasteiger partial charge >= 0.3 is 0 Å². The molecule has 0 aliphatic heterocycles. The van der Waals surface area contributed by atoms with Crippen molar-refractivity contribution in [3.05, 3.63) is 6.20 Å². The topological polar surface area (TPSA) is 44.2 Å². The first-order valence-corrected chi connectivity index (χ1v) is 3.36. The van der Waals surface area contributed by atoms with Gasteiger partial charge in [0.1, 0.15) is 0 Å². The summed E-state index contributed by atoms with van der Waals surface area (Å²) in [6.45, 7) is 0. The molecule has 60 valence electrons. The van der Waals surface area contributed by atoms with E-state index in [0.29, 0.717) is 16.8 Å². The summed E-state index contributed by atoms with van der Waals surface area (Å²) >= 11 is 3.94. The number of aromatic nitrogens is 2. The van der Waals surface area contributed by atoms with Crippen LogP contribution in [0.3, 0.4) is 0 Å². The Morgan fingerprint density at radius 1 is 1.36 bits per heavy atom. The molecule has 0 radical (unpaired) electrons. The van der Waals surface area contributed by atoms with Gasteiger partial charge in [-0.3, -0.25) is 0 Å². The van der Waals surface area contributed by atoms with Gasteiger partial charge in [-0.2, -0.15) is 4.98 Å². The maximum atomic E-state index is 4.91. The van der Waals surface area contributed by atoms with Crippen molar-refractivity contribution < 1.29 is 9.47 Å². The van der Waals surface area contributed by atoms with E-state index in [9.17, 15) is 0 Å². The van der Waals surface area contributed by atoms with Crippen LogP contribution in [0.2, 0.25) is 0 Å². The van der Waals surface area contributed by atoms with Crippen molar-refractivity contribution in [2.24, 2.45) is 0 Å². The van der Waals surface area contributed by atoms with Gasteiger partial charge in [0.25, 0.3) is 5.88 Å². The van der Waals surface area contributed by atoms with Crippen molar-refractivity contribution in [2.75, 3.05) is 14.2 Å². The zero-order chi connectivity index (χ0) is 8.27. The largest absolute Gasteiger partial charge is 0.490 e. The van der Waals surface area contributed by atoms with Crippen LogP contribution < -0.4 is 9.47 Å². The molecule has 0 saturated carbocycles. The highest BCUT2D eigenvalue weighted by atomic mass is 32.1. The molecule has 0 amide bonds. The predicted molar refractivity (Wildman–Crippen MR) is 42.4 cm³/mol. The maximum absolute atomic E-state index is 4.91. The molecular formula is C6H8N2O2S. The van der Waals surface area contributed by atoms with Crippen LogP contribution in [0, 0.1) is 0 Å². The standard InChI is InChI=1S/C6H8N2O2S/c1-9-4-3-7-6(11)8-5(4)10-2/h3H,1-2H3,(H,7,8,11). The van der Waals surface area contributed by atoms with Crippen LogP contribution in [-0.2, 0) is 0 Å². The Morgan fingerprint density at radius 2 is 2.09 bits per heavy atom. The van der Waals surface area contributed by atoms with E-state index in [1.165, 1.54) is 20.4 Å². The number of hydrogen-bond donors (Lipinski definition) is 1. The van der Waals surface area contributed by atoms with E-state index in [4.69, 9.17) is 9.47 Å². The molecule has 0 saturated heterocycles. The fraction of sp³-hybridized carbons (Fsp3) is 0.333. The lowest BCUT2D eigenvalue weighted by Crippen LogP contribution is -1.95. The van der Waals surface area contributed by atoms with Gasteiger partial charge in [0, 0.05) is 0 Å². The monoisotopic (exact) mass is 172 g/mol. The van der Waals surface area contributed by atoms with Crippen LogP contribution in [0.5, 0.6) is 11.6 Å². The second kappa shape index (κ2) is 3.43. The number of thiol groups is 1. The summed E-state index contributed by atoms with van der Waals surface area (Å²) in [6, 6.07) is 0. The Morgan fingerprint density at radius 3 is 2.64 bits per heavy atom. The predicted octanol–water partition coefficient (Wildman–Crippen LogP) is 0.782. The molecule has 0 N–H and O–H groups in total. The van der Waals surface area contributed by atoms with Crippen molar-refractivity contribution in [3.63, 3.8) is 0 Å². The molecule has 0 bridgehead atoms. The third-order valence-corrected chi connectivity index (χ3v) is 1.34. The van der Waals surface area contributed by atoms with E-state index < -0.39 is 0 Å². The fourth-order valence-electron chi connectivity index (χ4n) is 0.633. The first kappa shape index (κ1) is 8.13. The first-order valence-electron chi connectivity index (χ1n) is 2.92. The normalized spacial score (nSPS) is 9.36. The van der Waals surface area contributed by atoms with Crippen LogP contribution in [0.4, 0.5) is 0 Å². The molecule has 0 aliphatic rings. The minimum absolute atomic E-state index is 0.364. The second-order valence-electron chi connectivity index (χ2n) is 1.75. The molecule has 0 aliphatic carbocycles. The molecule has 0 unspecified atom stereocenters. The summed E-state index contributed by atoms with van der Waals surface area (Å²) in [5, 5.41) is 0.364. The molecule has 5 heteroatoms. The SMILES string of the molecule is COc1cnc(S)nc1OC. The molecule has 0 spiro atoms.